The third-order valence-corrected chi connectivity index (χ3v) is 3.72. The standard InChI is InChI=1S/C17H16O5/c1-20-14-7-9-4-5-10-6-13(19)16(21-2)17(22-3)15(10)11(9)8-12(14)18/h4-8,18-19H,1-3H3. The van der Waals surface area contributed by atoms with Crippen molar-refractivity contribution in [3.8, 4) is 28.7 Å². The van der Waals surface area contributed by atoms with Crippen LogP contribution in [-0.4, -0.2) is 31.5 Å². The summed E-state index contributed by atoms with van der Waals surface area (Å²) in [5.41, 5.74) is 0. The monoisotopic (exact) mass is 300 g/mol. The van der Waals surface area contributed by atoms with E-state index in [2.05, 4.69) is 0 Å². The molecule has 0 atom stereocenters. The number of methoxy groups -OCH3 is 3. The minimum absolute atomic E-state index is 0.00364. The van der Waals surface area contributed by atoms with Crippen molar-refractivity contribution < 1.29 is 24.4 Å². The van der Waals surface area contributed by atoms with Crippen LogP contribution < -0.4 is 14.2 Å². The van der Waals surface area contributed by atoms with Gasteiger partial charge in [0.2, 0.25) is 5.75 Å². The average Bonchev–Trinajstić information content (AvgIpc) is 2.52. The minimum atomic E-state index is 0.00364. The lowest BCUT2D eigenvalue weighted by atomic mass is 9.99. The van der Waals surface area contributed by atoms with Crippen molar-refractivity contribution in [1.29, 1.82) is 0 Å². The molecule has 114 valence electrons. The molecule has 5 heteroatoms. The topological polar surface area (TPSA) is 68.2 Å². The summed E-state index contributed by atoms with van der Waals surface area (Å²) in [6.07, 6.45) is 0. The van der Waals surface area contributed by atoms with Crippen LogP contribution in [0.3, 0.4) is 0 Å². The molecule has 0 radical (unpaired) electrons. The highest BCUT2D eigenvalue weighted by atomic mass is 16.5. The van der Waals surface area contributed by atoms with Crippen molar-refractivity contribution in [2.75, 3.05) is 21.3 Å². The lowest BCUT2D eigenvalue weighted by Gasteiger charge is -2.15. The highest BCUT2D eigenvalue weighted by Gasteiger charge is 2.18. The van der Waals surface area contributed by atoms with E-state index in [-0.39, 0.29) is 17.2 Å². The molecule has 0 saturated heterocycles. The van der Waals surface area contributed by atoms with Gasteiger partial charge in [0, 0.05) is 5.39 Å². The van der Waals surface area contributed by atoms with E-state index >= 15 is 0 Å². The Labute approximate surface area is 127 Å². The van der Waals surface area contributed by atoms with Gasteiger partial charge in [0.1, 0.15) is 0 Å². The van der Waals surface area contributed by atoms with E-state index in [0.717, 1.165) is 21.5 Å². The number of phenols is 2. The van der Waals surface area contributed by atoms with E-state index in [0.29, 0.717) is 11.5 Å². The van der Waals surface area contributed by atoms with Crippen LogP contribution in [0, 0.1) is 0 Å². The third-order valence-electron chi connectivity index (χ3n) is 3.72. The number of phenolic OH excluding ortho intramolecular Hbond substituents is 2. The Morgan fingerprint density at radius 1 is 0.727 bits per heavy atom. The number of ether oxygens (including phenoxy) is 3. The molecule has 0 aromatic heterocycles. The van der Waals surface area contributed by atoms with Crippen LogP contribution in [0.15, 0.2) is 30.3 Å². The highest BCUT2D eigenvalue weighted by molar-refractivity contribution is 6.13. The van der Waals surface area contributed by atoms with Gasteiger partial charge in [-0.3, -0.25) is 0 Å². The predicted molar refractivity (Wildman–Crippen MR) is 84.4 cm³/mol. The SMILES string of the molecule is COc1cc2ccc3cc(O)c(OC)c(OC)c3c2cc1O. The Balaban J connectivity index is 2.51. The molecule has 0 amide bonds. The van der Waals surface area contributed by atoms with Crippen molar-refractivity contribution >= 4 is 21.5 Å². The lowest BCUT2D eigenvalue weighted by Crippen LogP contribution is -1.93. The molecular weight excluding hydrogens is 284 g/mol. The van der Waals surface area contributed by atoms with Gasteiger partial charge in [0.05, 0.1) is 21.3 Å². The number of hydrogen-bond donors (Lipinski definition) is 2. The second-order valence-corrected chi connectivity index (χ2v) is 4.87. The largest absolute Gasteiger partial charge is 0.504 e. The molecule has 22 heavy (non-hydrogen) atoms. The zero-order chi connectivity index (χ0) is 15.9. The summed E-state index contributed by atoms with van der Waals surface area (Å²) in [6.45, 7) is 0. The van der Waals surface area contributed by atoms with Gasteiger partial charge in [-0.2, -0.15) is 0 Å². The maximum atomic E-state index is 10.1. The molecular formula is C17H16O5. The third kappa shape index (κ3) is 1.94. The summed E-state index contributed by atoms with van der Waals surface area (Å²) in [5.74, 6) is 1.13. The van der Waals surface area contributed by atoms with Crippen LogP contribution in [0.1, 0.15) is 0 Å². The number of aromatic hydroxyl groups is 2. The number of fused-ring (bicyclic) bond motifs is 3. The summed E-state index contributed by atoms with van der Waals surface area (Å²) in [7, 11) is 4.48. The molecule has 0 saturated carbocycles. The highest BCUT2D eigenvalue weighted by Crippen LogP contribution is 2.46. The Morgan fingerprint density at radius 3 is 2.05 bits per heavy atom. The molecule has 2 N–H and O–H groups in total. The molecule has 0 unspecified atom stereocenters. The van der Waals surface area contributed by atoms with Gasteiger partial charge >= 0.3 is 0 Å². The maximum Gasteiger partial charge on any atom is 0.203 e. The van der Waals surface area contributed by atoms with Crippen molar-refractivity contribution in [2.24, 2.45) is 0 Å². The lowest BCUT2D eigenvalue weighted by molar-refractivity contribution is 0.336. The van der Waals surface area contributed by atoms with Gasteiger partial charge in [-0.15, -0.1) is 0 Å². The fourth-order valence-electron chi connectivity index (χ4n) is 2.73. The van der Waals surface area contributed by atoms with Gasteiger partial charge in [-0.1, -0.05) is 12.1 Å². The second kappa shape index (κ2) is 5.18. The molecule has 3 rings (SSSR count). The first kappa shape index (κ1) is 14.1. The summed E-state index contributed by atoms with van der Waals surface area (Å²) < 4.78 is 15.8. The summed E-state index contributed by atoms with van der Waals surface area (Å²) >= 11 is 0. The second-order valence-electron chi connectivity index (χ2n) is 4.87. The first-order valence-electron chi connectivity index (χ1n) is 6.68. The van der Waals surface area contributed by atoms with Gasteiger partial charge in [-0.05, 0) is 34.4 Å². The Kier molecular flexibility index (Phi) is 3.33. The fraction of sp³-hybridized carbons (Fsp3) is 0.176. The fourth-order valence-corrected chi connectivity index (χ4v) is 2.73. The average molecular weight is 300 g/mol. The molecule has 0 bridgehead atoms. The predicted octanol–water partition coefficient (Wildman–Crippen LogP) is 3.43. The number of hydrogen-bond acceptors (Lipinski definition) is 5. The summed E-state index contributed by atoms with van der Waals surface area (Å²) in [4.78, 5) is 0. The van der Waals surface area contributed by atoms with Crippen molar-refractivity contribution in [2.45, 2.75) is 0 Å². The molecule has 0 spiro atoms. The Bertz CT molecular complexity index is 870. The molecule has 0 fully saturated rings. The summed E-state index contributed by atoms with van der Waals surface area (Å²) in [5, 5.41) is 23.3. The zero-order valence-electron chi connectivity index (χ0n) is 12.5. The van der Waals surface area contributed by atoms with Crippen LogP contribution in [0.25, 0.3) is 21.5 Å². The minimum Gasteiger partial charge on any atom is -0.504 e. The Hall–Kier alpha value is -2.82. The normalized spacial score (nSPS) is 10.9. The molecule has 3 aromatic carbocycles. The van der Waals surface area contributed by atoms with Crippen molar-refractivity contribution in [3.63, 3.8) is 0 Å². The van der Waals surface area contributed by atoms with Gasteiger partial charge in [0.25, 0.3) is 0 Å². The molecule has 0 heterocycles. The molecule has 0 aliphatic carbocycles. The van der Waals surface area contributed by atoms with Gasteiger partial charge < -0.3 is 24.4 Å². The Morgan fingerprint density at radius 2 is 1.41 bits per heavy atom. The first-order chi connectivity index (χ1) is 10.6. The maximum absolute atomic E-state index is 10.1. The molecule has 0 aliphatic heterocycles. The van der Waals surface area contributed by atoms with Crippen LogP contribution in [0.5, 0.6) is 28.7 Å². The van der Waals surface area contributed by atoms with Crippen LogP contribution in [-0.2, 0) is 0 Å². The van der Waals surface area contributed by atoms with Gasteiger partial charge in [-0.25, -0.2) is 0 Å². The van der Waals surface area contributed by atoms with E-state index in [1.165, 1.54) is 21.3 Å². The number of benzene rings is 3. The van der Waals surface area contributed by atoms with E-state index in [9.17, 15) is 10.2 Å². The van der Waals surface area contributed by atoms with Crippen molar-refractivity contribution in [3.05, 3.63) is 30.3 Å². The van der Waals surface area contributed by atoms with Gasteiger partial charge in [0.15, 0.2) is 23.0 Å². The van der Waals surface area contributed by atoms with Crippen molar-refractivity contribution in [1.82, 2.24) is 0 Å². The number of rotatable bonds is 3. The van der Waals surface area contributed by atoms with Crippen LogP contribution >= 0.6 is 0 Å². The molecule has 0 aliphatic rings. The van der Waals surface area contributed by atoms with E-state index in [1.807, 2.05) is 12.1 Å². The van der Waals surface area contributed by atoms with E-state index < -0.39 is 0 Å². The van der Waals surface area contributed by atoms with E-state index in [4.69, 9.17) is 14.2 Å². The first-order valence-corrected chi connectivity index (χ1v) is 6.68. The van der Waals surface area contributed by atoms with Crippen LogP contribution in [0.2, 0.25) is 0 Å². The molecule has 5 nitrogen and oxygen atoms in total. The smallest absolute Gasteiger partial charge is 0.203 e. The van der Waals surface area contributed by atoms with E-state index in [1.54, 1.807) is 18.2 Å². The van der Waals surface area contributed by atoms with Crippen LogP contribution in [0.4, 0.5) is 0 Å². The molecule has 3 aromatic rings. The summed E-state index contributed by atoms with van der Waals surface area (Å²) in [6, 6.07) is 8.75. The zero-order valence-corrected chi connectivity index (χ0v) is 12.5. The quantitative estimate of drug-likeness (QED) is 0.725.